The first kappa shape index (κ1) is 26.9. The molecule has 1 amide bonds. The van der Waals surface area contributed by atoms with Crippen molar-refractivity contribution in [1.29, 1.82) is 0 Å². The Morgan fingerprint density at radius 3 is 2.57 bits per heavy atom. The van der Waals surface area contributed by atoms with E-state index < -0.39 is 12.0 Å². The average molecular weight is 528 g/mol. The molecular formula is C29H32ClF2N3O2. The number of amides is 1. The Labute approximate surface area is 222 Å². The highest BCUT2D eigenvalue weighted by Gasteiger charge is 2.35. The monoisotopic (exact) mass is 527 g/mol. The van der Waals surface area contributed by atoms with Crippen LogP contribution in [0.15, 0.2) is 54.7 Å². The van der Waals surface area contributed by atoms with Crippen LogP contribution in [-0.2, 0) is 10.2 Å². The van der Waals surface area contributed by atoms with Crippen molar-refractivity contribution in [1.82, 2.24) is 4.98 Å². The van der Waals surface area contributed by atoms with Crippen LogP contribution >= 0.6 is 11.6 Å². The van der Waals surface area contributed by atoms with Gasteiger partial charge in [-0.1, -0.05) is 35.9 Å². The lowest BCUT2D eigenvalue weighted by atomic mass is 9.83. The SMILES string of the molecule is Cc1ccccc1-c1cc(N2CCCC2C)ncc1N(C)C(=O)C(C)(C)c1cc(Cl)cc(OC(F)F)c1. The molecule has 1 atom stereocenters. The minimum absolute atomic E-state index is 0.0904. The predicted molar refractivity (Wildman–Crippen MR) is 145 cm³/mol. The van der Waals surface area contributed by atoms with Crippen LogP contribution in [-0.4, -0.2) is 37.1 Å². The maximum absolute atomic E-state index is 13.9. The molecule has 0 N–H and O–H groups in total. The van der Waals surface area contributed by atoms with Gasteiger partial charge in [-0.3, -0.25) is 4.79 Å². The maximum Gasteiger partial charge on any atom is 0.387 e. The fraction of sp³-hybridized carbons (Fsp3) is 0.379. The summed E-state index contributed by atoms with van der Waals surface area (Å²) in [6.07, 6.45) is 3.99. The van der Waals surface area contributed by atoms with E-state index in [0.29, 0.717) is 17.3 Å². The van der Waals surface area contributed by atoms with Gasteiger partial charge in [0.15, 0.2) is 0 Å². The molecule has 0 saturated carbocycles. The number of benzene rings is 2. The maximum atomic E-state index is 13.9. The van der Waals surface area contributed by atoms with Crippen molar-refractivity contribution in [2.24, 2.45) is 0 Å². The van der Waals surface area contributed by atoms with Crippen LogP contribution in [0.25, 0.3) is 11.1 Å². The minimum atomic E-state index is -2.99. The summed E-state index contributed by atoms with van der Waals surface area (Å²) >= 11 is 6.19. The molecule has 1 unspecified atom stereocenters. The van der Waals surface area contributed by atoms with E-state index in [0.717, 1.165) is 41.9 Å². The summed E-state index contributed by atoms with van der Waals surface area (Å²) in [5.41, 5.74) is 3.04. The van der Waals surface area contributed by atoms with Crippen molar-refractivity contribution in [2.45, 2.75) is 58.6 Å². The van der Waals surface area contributed by atoms with E-state index in [1.54, 1.807) is 38.1 Å². The molecule has 1 aliphatic rings. The Kier molecular flexibility index (Phi) is 7.74. The van der Waals surface area contributed by atoms with Crippen molar-refractivity contribution < 1.29 is 18.3 Å². The summed E-state index contributed by atoms with van der Waals surface area (Å²) in [5, 5.41) is 0.211. The van der Waals surface area contributed by atoms with E-state index in [2.05, 4.69) is 22.6 Å². The van der Waals surface area contributed by atoms with Gasteiger partial charge in [0.25, 0.3) is 0 Å². The van der Waals surface area contributed by atoms with E-state index in [9.17, 15) is 13.6 Å². The fourth-order valence-electron chi connectivity index (χ4n) is 4.97. The number of hydrogen-bond donors (Lipinski definition) is 0. The third-order valence-corrected chi connectivity index (χ3v) is 7.39. The molecule has 196 valence electrons. The van der Waals surface area contributed by atoms with Crippen molar-refractivity contribution >= 4 is 29.0 Å². The number of carbonyl (C=O) groups is 1. The number of hydrogen-bond acceptors (Lipinski definition) is 4. The van der Waals surface area contributed by atoms with Gasteiger partial charge in [-0.2, -0.15) is 8.78 Å². The fourth-order valence-corrected chi connectivity index (χ4v) is 5.20. The molecule has 1 aliphatic heterocycles. The zero-order valence-electron chi connectivity index (χ0n) is 21.8. The number of aryl methyl sites for hydroxylation is 1. The molecule has 0 radical (unpaired) electrons. The number of halogens is 3. The highest BCUT2D eigenvalue weighted by molar-refractivity contribution is 6.30. The summed E-state index contributed by atoms with van der Waals surface area (Å²) in [4.78, 5) is 22.6. The highest BCUT2D eigenvalue weighted by atomic mass is 35.5. The second-order valence-corrected chi connectivity index (χ2v) is 10.5. The van der Waals surface area contributed by atoms with Gasteiger partial charge in [0.2, 0.25) is 5.91 Å². The molecule has 2 aromatic carbocycles. The molecular weight excluding hydrogens is 496 g/mol. The van der Waals surface area contributed by atoms with Crippen molar-refractivity contribution in [3.8, 4) is 16.9 Å². The van der Waals surface area contributed by atoms with E-state index in [4.69, 9.17) is 16.6 Å². The van der Waals surface area contributed by atoms with Gasteiger partial charge in [-0.25, -0.2) is 4.98 Å². The molecule has 0 spiro atoms. The summed E-state index contributed by atoms with van der Waals surface area (Å²) in [6.45, 7) is 5.67. The number of likely N-dealkylation sites (N-methyl/N-ethyl adjacent to an activating group) is 1. The average Bonchev–Trinajstić information content (AvgIpc) is 3.28. The topological polar surface area (TPSA) is 45.7 Å². The zero-order valence-corrected chi connectivity index (χ0v) is 22.5. The van der Waals surface area contributed by atoms with E-state index in [1.807, 2.05) is 31.2 Å². The van der Waals surface area contributed by atoms with E-state index in [1.165, 1.54) is 12.1 Å². The van der Waals surface area contributed by atoms with E-state index in [-0.39, 0.29) is 16.7 Å². The Balaban J connectivity index is 1.76. The number of anilines is 2. The first-order chi connectivity index (χ1) is 17.5. The largest absolute Gasteiger partial charge is 0.435 e. The molecule has 1 saturated heterocycles. The molecule has 5 nitrogen and oxygen atoms in total. The molecule has 1 aromatic heterocycles. The lowest BCUT2D eigenvalue weighted by Gasteiger charge is -2.32. The van der Waals surface area contributed by atoms with Gasteiger partial charge in [-0.15, -0.1) is 0 Å². The van der Waals surface area contributed by atoms with Crippen molar-refractivity contribution in [3.63, 3.8) is 0 Å². The van der Waals surface area contributed by atoms with Gasteiger partial charge < -0.3 is 14.5 Å². The molecule has 4 rings (SSSR count). The van der Waals surface area contributed by atoms with Crippen LogP contribution in [0, 0.1) is 6.92 Å². The van der Waals surface area contributed by atoms with Crippen LogP contribution < -0.4 is 14.5 Å². The third-order valence-electron chi connectivity index (χ3n) is 7.17. The Morgan fingerprint density at radius 2 is 1.92 bits per heavy atom. The Hall–Kier alpha value is -3.19. The summed E-state index contributed by atoms with van der Waals surface area (Å²) in [6, 6.07) is 14.8. The highest BCUT2D eigenvalue weighted by Crippen LogP contribution is 2.39. The van der Waals surface area contributed by atoms with Crippen LogP contribution in [0.2, 0.25) is 5.02 Å². The van der Waals surface area contributed by atoms with Gasteiger partial charge in [-0.05, 0) is 81.5 Å². The molecule has 1 fully saturated rings. The summed E-state index contributed by atoms with van der Waals surface area (Å²) in [7, 11) is 1.71. The second kappa shape index (κ2) is 10.7. The molecule has 37 heavy (non-hydrogen) atoms. The second-order valence-electron chi connectivity index (χ2n) is 10.1. The van der Waals surface area contributed by atoms with Gasteiger partial charge in [0, 0.05) is 30.2 Å². The number of pyridine rings is 1. The van der Waals surface area contributed by atoms with Crippen LogP contribution in [0.4, 0.5) is 20.3 Å². The predicted octanol–water partition coefficient (Wildman–Crippen LogP) is 7.24. The number of aromatic nitrogens is 1. The third kappa shape index (κ3) is 5.57. The smallest absolute Gasteiger partial charge is 0.387 e. The van der Waals surface area contributed by atoms with E-state index >= 15 is 0 Å². The van der Waals surface area contributed by atoms with Crippen LogP contribution in [0.5, 0.6) is 5.75 Å². The minimum Gasteiger partial charge on any atom is -0.435 e. The lowest BCUT2D eigenvalue weighted by Crippen LogP contribution is -2.42. The molecule has 8 heteroatoms. The van der Waals surface area contributed by atoms with Crippen LogP contribution in [0.3, 0.4) is 0 Å². The van der Waals surface area contributed by atoms with Crippen LogP contribution in [0.1, 0.15) is 44.7 Å². The molecule has 0 bridgehead atoms. The van der Waals surface area contributed by atoms with Gasteiger partial charge in [0.05, 0.1) is 17.3 Å². The van der Waals surface area contributed by atoms with Gasteiger partial charge >= 0.3 is 6.61 Å². The lowest BCUT2D eigenvalue weighted by molar-refractivity contribution is -0.122. The number of nitrogens with zero attached hydrogens (tertiary/aromatic N) is 3. The number of ether oxygens (including phenoxy) is 1. The van der Waals surface area contributed by atoms with Gasteiger partial charge in [0.1, 0.15) is 11.6 Å². The normalized spacial score (nSPS) is 15.8. The quantitative estimate of drug-likeness (QED) is 0.325. The number of alkyl halides is 2. The first-order valence-corrected chi connectivity index (χ1v) is 12.7. The van der Waals surface area contributed by atoms with Crippen molar-refractivity contribution in [2.75, 3.05) is 23.4 Å². The summed E-state index contributed by atoms with van der Waals surface area (Å²) in [5.74, 6) is 0.555. The number of carbonyl (C=O) groups excluding carboxylic acids is 1. The Morgan fingerprint density at radius 1 is 1.19 bits per heavy atom. The molecule has 3 aromatic rings. The Bertz CT molecular complexity index is 1300. The van der Waals surface area contributed by atoms with Crippen molar-refractivity contribution in [3.05, 3.63) is 70.9 Å². The molecule has 2 heterocycles. The summed E-state index contributed by atoms with van der Waals surface area (Å²) < 4.78 is 30.2. The number of rotatable bonds is 7. The zero-order chi connectivity index (χ0) is 26.9. The molecule has 0 aliphatic carbocycles. The first-order valence-electron chi connectivity index (χ1n) is 12.4. The standard InChI is InChI=1S/C29H32ClF2N3O2/c1-18-9-6-7-11-23(18)24-16-26(35-12-8-10-19(35)2)33-17-25(24)34(5)27(36)29(3,4)20-13-21(30)15-22(14-20)37-28(31)32/h6-7,9,11,13-17,19,28H,8,10,12H2,1-5H3.